The van der Waals surface area contributed by atoms with Crippen LogP contribution >= 0.6 is 23.2 Å². The van der Waals surface area contributed by atoms with E-state index < -0.39 is 0 Å². The fourth-order valence-corrected chi connectivity index (χ4v) is 2.03. The second-order valence-corrected chi connectivity index (χ2v) is 3.92. The van der Waals surface area contributed by atoms with Crippen molar-refractivity contribution in [3.8, 4) is 0 Å². The summed E-state index contributed by atoms with van der Waals surface area (Å²) in [5.74, 6) is 0.169. The van der Waals surface area contributed by atoms with Crippen LogP contribution < -0.4 is 0 Å². The van der Waals surface area contributed by atoms with Crippen LogP contribution in [0.4, 0.5) is 0 Å². The number of carbonyl (C=O) groups excluding carboxylic acids is 2. The van der Waals surface area contributed by atoms with Crippen LogP contribution in [0.1, 0.15) is 12.8 Å². The van der Waals surface area contributed by atoms with Gasteiger partial charge in [0, 0.05) is 19.0 Å². The first-order valence-electron chi connectivity index (χ1n) is 4.61. The van der Waals surface area contributed by atoms with Crippen LogP contribution in [0.25, 0.3) is 0 Å². The fraction of sp³-hybridized carbons (Fsp3) is 0.778. The smallest absolute Gasteiger partial charge is 0.237 e. The number of hydrogen-bond acceptors (Lipinski definition) is 2. The van der Waals surface area contributed by atoms with Crippen molar-refractivity contribution >= 4 is 34.9 Å². The van der Waals surface area contributed by atoms with Crippen molar-refractivity contribution in [2.24, 2.45) is 5.92 Å². The molecule has 0 spiro atoms. The Morgan fingerprint density at radius 3 is 2.14 bits per heavy atom. The van der Waals surface area contributed by atoms with Gasteiger partial charge in [-0.25, -0.2) is 0 Å². The summed E-state index contributed by atoms with van der Waals surface area (Å²) in [5, 5.41) is 0. The van der Waals surface area contributed by atoms with Gasteiger partial charge in [-0.15, -0.1) is 23.2 Å². The van der Waals surface area contributed by atoms with Gasteiger partial charge in [-0.1, -0.05) is 0 Å². The second kappa shape index (κ2) is 5.56. The highest BCUT2D eigenvalue weighted by atomic mass is 35.5. The lowest BCUT2D eigenvalue weighted by Crippen LogP contribution is -2.41. The SMILES string of the molecule is O=C(CCl)C1CCN(C(=O)CCl)CC1. The van der Waals surface area contributed by atoms with E-state index in [2.05, 4.69) is 0 Å². The molecular weight excluding hydrogens is 225 g/mol. The quantitative estimate of drug-likeness (QED) is 0.694. The number of piperidine rings is 1. The van der Waals surface area contributed by atoms with Crippen LogP contribution in [-0.4, -0.2) is 41.4 Å². The molecule has 0 N–H and O–H groups in total. The molecule has 1 amide bonds. The number of likely N-dealkylation sites (tertiary alicyclic amines) is 1. The minimum atomic E-state index is -0.0524. The normalized spacial score (nSPS) is 18.3. The number of hydrogen-bond donors (Lipinski definition) is 0. The van der Waals surface area contributed by atoms with Crippen molar-refractivity contribution in [2.45, 2.75) is 12.8 Å². The van der Waals surface area contributed by atoms with Gasteiger partial charge in [0.05, 0.1) is 5.88 Å². The van der Waals surface area contributed by atoms with Gasteiger partial charge in [0.15, 0.2) is 5.78 Å². The molecule has 0 bridgehead atoms. The number of halogens is 2. The first-order chi connectivity index (χ1) is 6.69. The van der Waals surface area contributed by atoms with E-state index in [9.17, 15) is 9.59 Å². The number of alkyl halides is 2. The number of ketones is 1. The van der Waals surface area contributed by atoms with Crippen molar-refractivity contribution in [1.29, 1.82) is 0 Å². The van der Waals surface area contributed by atoms with E-state index in [-0.39, 0.29) is 29.4 Å². The van der Waals surface area contributed by atoms with E-state index in [0.29, 0.717) is 25.9 Å². The van der Waals surface area contributed by atoms with Crippen molar-refractivity contribution in [3.63, 3.8) is 0 Å². The van der Waals surface area contributed by atoms with Gasteiger partial charge in [0.1, 0.15) is 5.88 Å². The third kappa shape index (κ3) is 2.85. The number of rotatable bonds is 3. The molecule has 0 radical (unpaired) electrons. The second-order valence-electron chi connectivity index (χ2n) is 3.39. The van der Waals surface area contributed by atoms with Crippen LogP contribution in [0, 0.1) is 5.92 Å². The molecule has 1 aliphatic rings. The van der Waals surface area contributed by atoms with E-state index >= 15 is 0 Å². The molecular formula is C9H13Cl2NO2. The standard InChI is InChI=1S/C9H13Cl2NO2/c10-5-8(13)7-1-3-12(4-2-7)9(14)6-11/h7H,1-6H2. The molecule has 0 aromatic rings. The Morgan fingerprint density at radius 2 is 1.71 bits per heavy atom. The predicted molar refractivity (Wildman–Crippen MR) is 55.8 cm³/mol. The Balaban J connectivity index is 2.38. The molecule has 1 fully saturated rings. The molecule has 0 unspecified atom stereocenters. The maximum absolute atomic E-state index is 11.3. The number of nitrogens with zero attached hydrogens (tertiary/aromatic N) is 1. The van der Waals surface area contributed by atoms with E-state index in [1.807, 2.05) is 0 Å². The van der Waals surface area contributed by atoms with Crippen LogP contribution in [-0.2, 0) is 9.59 Å². The third-order valence-corrected chi connectivity index (χ3v) is 3.04. The largest absolute Gasteiger partial charge is 0.342 e. The number of Topliss-reactive ketones (excluding diaryl/α,β-unsaturated/α-hetero) is 1. The molecule has 0 saturated carbocycles. The van der Waals surface area contributed by atoms with Crippen molar-refractivity contribution in [2.75, 3.05) is 24.8 Å². The average Bonchev–Trinajstić information content (AvgIpc) is 2.27. The van der Waals surface area contributed by atoms with Gasteiger partial charge in [-0.2, -0.15) is 0 Å². The van der Waals surface area contributed by atoms with Crippen molar-refractivity contribution in [1.82, 2.24) is 4.90 Å². The molecule has 0 atom stereocenters. The maximum Gasteiger partial charge on any atom is 0.237 e. The average molecular weight is 238 g/mol. The Morgan fingerprint density at radius 1 is 1.14 bits per heavy atom. The zero-order valence-corrected chi connectivity index (χ0v) is 9.35. The lowest BCUT2D eigenvalue weighted by molar-refractivity contribution is -0.132. The summed E-state index contributed by atoms with van der Waals surface area (Å²) < 4.78 is 0. The van der Waals surface area contributed by atoms with Crippen LogP contribution in [0.15, 0.2) is 0 Å². The maximum atomic E-state index is 11.3. The first kappa shape index (κ1) is 11.8. The Bertz CT molecular complexity index is 201. The van der Waals surface area contributed by atoms with Crippen molar-refractivity contribution in [3.05, 3.63) is 0 Å². The van der Waals surface area contributed by atoms with Gasteiger partial charge in [0.25, 0.3) is 0 Å². The summed E-state index contributed by atoms with van der Waals surface area (Å²) in [6.45, 7) is 1.25. The van der Waals surface area contributed by atoms with Gasteiger partial charge < -0.3 is 4.90 Å². The Kier molecular flexibility index (Phi) is 4.69. The molecule has 1 saturated heterocycles. The zero-order chi connectivity index (χ0) is 10.6. The van der Waals surface area contributed by atoms with E-state index in [0.717, 1.165) is 0 Å². The lowest BCUT2D eigenvalue weighted by Gasteiger charge is -2.30. The van der Waals surface area contributed by atoms with Crippen LogP contribution in [0.2, 0.25) is 0 Å². The minimum Gasteiger partial charge on any atom is -0.342 e. The van der Waals surface area contributed by atoms with Gasteiger partial charge in [0.2, 0.25) is 5.91 Å². The minimum absolute atomic E-state index is 0.0219. The molecule has 0 aliphatic carbocycles. The topological polar surface area (TPSA) is 37.4 Å². The first-order valence-corrected chi connectivity index (χ1v) is 5.68. The molecule has 80 valence electrons. The Hall–Kier alpha value is -0.280. The zero-order valence-electron chi connectivity index (χ0n) is 7.84. The summed E-state index contributed by atoms with van der Waals surface area (Å²) in [5.41, 5.74) is 0. The van der Waals surface area contributed by atoms with E-state index in [4.69, 9.17) is 23.2 Å². The molecule has 1 heterocycles. The highest BCUT2D eigenvalue weighted by Crippen LogP contribution is 2.18. The fourth-order valence-electron chi connectivity index (χ4n) is 1.64. The molecule has 1 rings (SSSR count). The highest BCUT2D eigenvalue weighted by molar-refractivity contribution is 6.28. The summed E-state index contributed by atoms with van der Waals surface area (Å²) in [7, 11) is 0. The lowest BCUT2D eigenvalue weighted by atomic mass is 9.93. The summed E-state index contributed by atoms with van der Waals surface area (Å²) >= 11 is 10.9. The van der Waals surface area contributed by atoms with Gasteiger partial charge in [-0.3, -0.25) is 9.59 Å². The van der Waals surface area contributed by atoms with Crippen LogP contribution in [0.3, 0.4) is 0 Å². The molecule has 0 aromatic heterocycles. The molecule has 1 aliphatic heterocycles. The van der Waals surface area contributed by atoms with Gasteiger partial charge >= 0.3 is 0 Å². The monoisotopic (exact) mass is 237 g/mol. The van der Waals surface area contributed by atoms with E-state index in [1.54, 1.807) is 4.90 Å². The highest BCUT2D eigenvalue weighted by Gasteiger charge is 2.25. The molecule has 0 aromatic carbocycles. The third-order valence-electron chi connectivity index (χ3n) is 2.55. The number of carbonyl (C=O) groups is 2. The molecule has 3 nitrogen and oxygen atoms in total. The van der Waals surface area contributed by atoms with Gasteiger partial charge in [-0.05, 0) is 12.8 Å². The van der Waals surface area contributed by atoms with Crippen LogP contribution in [0.5, 0.6) is 0 Å². The summed E-state index contributed by atoms with van der Waals surface area (Å²) in [4.78, 5) is 24.1. The summed E-state index contributed by atoms with van der Waals surface area (Å²) in [6.07, 6.45) is 1.43. The predicted octanol–water partition coefficient (Wildman–Crippen LogP) is 1.27. The molecule has 14 heavy (non-hydrogen) atoms. The molecule has 5 heteroatoms. The van der Waals surface area contributed by atoms with Crippen molar-refractivity contribution < 1.29 is 9.59 Å². The summed E-state index contributed by atoms with van der Waals surface area (Å²) in [6, 6.07) is 0. The number of amides is 1. The Labute approximate surface area is 93.3 Å². The van der Waals surface area contributed by atoms with E-state index in [1.165, 1.54) is 0 Å².